The van der Waals surface area contributed by atoms with E-state index in [2.05, 4.69) is 29.9 Å². The number of hydrogen-bond donors (Lipinski definition) is 0. The first-order valence-corrected chi connectivity index (χ1v) is 10.5. The van der Waals surface area contributed by atoms with Crippen LogP contribution < -0.4 is 16.1 Å². The molecule has 0 spiro atoms. The summed E-state index contributed by atoms with van der Waals surface area (Å²) < 4.78 is 3.94. The molecule has 0 saturated carbocycles. The molecule has 3 aromatic rings. The van der Waals surface area contributed by atoms with Gasteiger partial charge in [0, 0.05) is 38.3 Å². The number of rotatable bonds is 2. The summed E-state index contributed by atoms with van der Waals surface area (Å²) in [6.45, 7) is 3.93. The Kier molecular flexibility index (Phi) is 4.40. The number of imidazole rings is 1. The summed E-state index contributed by atoms with van der Waals surface area (Å²) in [6.07, 6.45) is 2.38. The minimum absolute atomic E-state index is 0.00365. The summed E-state index contributed by atoms with van der Waals surface area (Å²) in [6, 6.07) is 6.38. The van der Waals surface area contributed by atoms with Crippen molar-refractivity contribution < 1.29 is 4.79 Å². The van der Waals surface area contributed by atoms with Gasteiger partial charge in [-0.2, -0.15) is 0 Å². The number of likely N-dealkylation sites (tertiary alicyclic amines) is 1. The largest absolute Gasteiger partial charge is 0.332 e. The van der Waals surface area contributed by atoms with Crippen molar-refractivity contribution in [3.8, 4) is 0 Å². The van der Waals surface area contributed by atoms with Gasteiger partial charge >= 0.3 is 5.69 Å². The van der Waals surface area contributed by atoms with Crippen LogP contribution in [0.25, 0.3) is 11.2 Å². The number of piperidine rings is 1. The summed E-state index contributed by atoms with van der Waals surface area (Å²) in [5, 5.41) is 0. The molecule has 9 nitrogen and oxygen atoms in total. The second kappa shape index (κ2) is 6.91. The van der Waals surface area contributed by atoms with Crippen molar-refractivity contribution in [2.75, 3.05) is 25.0 Å². The Hall–Kier alpha value is -3.20. The zero-order valence-electron chi connectivity index (χ0n) is 18.2. The molecule has 0 bridgehead atoms. The number of amides is 1. The molecule has 0 radical (unpaired) electrons. The summed E-state index contributed by atoms with van der Waals surface area (Å²) >= 11 is 0. The van der Waals surface area contributed by atoms with Gasteiger partial charge in [-0.25, -0.2) is 9.78 Å². The number of fused-ring (bicyclic) bond motifs is 4. The van der Waals surface area contributed by atoms with Crippen LogP contribution >= 0.6 is 0 Å². The highest BCUT2D eigenvalue weighted by Crippen LogP contribution is 2.45. The minimum atomic E-state index is -0.446. The van der Waals surface area contributed by atoms with Gasteiger partial charge in [0.05, 0.1) is 6.33 Å². The molecule has 9 heteroatoms. The van der Waals surface area contributed by atoms with E-state index in [4.69, 9.17) is 0 Å². The molecular formula is C22H26N6O3. The van der Waals surface area contributed by atoms with Crippen LogP contribution in [0.2, 0.25) is 0 Å². The normalized spacial score (nSPS) is 20.8. The fourth-order valence-corrected chi connectivity index (χ4v) is 5.14. The van der Waals surface area contributed by atoms with Gasteiger partial charge in [0.25, 0.3) is 5.56 Å². The Morgan fingerprint density at radius 2 is 1.94 bits per heavy atom. The van der Waals surface area contributed by atoms with E-state index in [-0.39, 0.29) is 35.6 Å². The van der Waals surface area contributed by atoms with Crippen LogP contribution in [0.3, 0.4) is 0 Å². The number of anilines is 1. The number of likely N-dealkylation sites (N-methyl/N-ethyl adjacent to an activating group) is 1. The molecule has 4 heterocycles. The van der Waals surface area contributed by atoms with E-state index >= 15 is 0 Å². The van der Waals surface area contributed by atoms with Crippen LogP contribution in [0.1, 0.15) is 23.5 Å². The molecule has 1 aromatic carbocycles. The Morgan fingerprint density at radius 3 is 2.71 bits per heavy atom. The van der Waals surface area contributed by atoms with E-state index in [1.54, 1.807) is 11.6 Å². The molecular weight excluding hydrogens is 396 g/mol. The lowest BCUT2D eigenvalue weighted by atomic mass is 9.89. The molecule has 2 atom stereocenters. The van der Waals surface area contributed by atoms with E-state index in [0.29, 0.717) is 0 Å². The molecule has 2 aliphatic heterocycles. The fourth-order valence-electron chi connectivity index (χ4n) is 5.14. The molecule has 0 aliphatic carbocycles. The second-order valence-corrected chi connectivity index (χ2v) is 8.80. The molecule has 2 aromatic heterocycles. The summed E-state index contributed by atoms with van der Waals surface area (Å²) in [5.41, 5.74) is 3.04. The highest BCUT2D eigenvalue weighted by Gasteiger charge is 2.43. The van der Waals surface area contributed by atoms with Gasteiger partial charge in [-0.3, -0.25) is 18.7 Å². The summed E-state index contributed by atoms with van der Waals surface area (Å²) in [5.74, 6) is 0.211. The third-order valence-electron chi connectivity index (χ3n) is 6.74. The van der Waals surface area contributed by atoms with E-state index < -0.39 is 11.2 Å². The van der Waals surface area contributed by atoms with Crippen molar-refractivity contribution in [2.24, 2.45) is 14.1 Å². The fraction of sp³-hybridized carbons (Fsp3) is 0.455. The van der Waals surface area contributed by atoms with Crippen molar-refractivity contribution in [2.45, 2.75) is 31.8 Å². The van der Waals surface area contributed by atoms with Gasteiger partial charge in [-0.1, -0.05) is 17.7 Å². The Bertz CT molecular complexity index is 1330. The zero-order chi connectivity index (χ0) is 22.0. The van der Waals surface area contributed by atoms with Crippen molar-refractivity contribution in [1.82, 2.24) is 23.6 Å². The van der Waals surface area contributed by atoms with Crippen molar-refractivity contribution >= 4 is 22.8 Å². The number of nitrogens with zero attached hydrogens (tertiary/aromatic N) is 6. The van der Waals surface area contributed by atoms with Crippen molar-refractivity contribution in [1.29, 1.82) is 0 Å². The van der Waals surface area contributed by atoms with E-state index in [1.165, 1.54) is 29.1 Å². The second-order valence-electron chi connectivity index (χ2n) is 8.80. The molecule has 162 valence electrons. The predicted octanol–water partition coefficient (Wildman–Crippen LogP) is 0.577. The Morgan fingerprint density at radius 1 is 1.16 bits per heavy atom. The van der Waals surface area contributed by atoms with Gasteiger partial charge in [0.2, 0.25) is 5.91 Å². The SMILES string of the molecule is Cc1ccc2c(c1)[C@@H]1CN(C)CC[C@H]1N2C(=O)Cn1cnc2c1c(=O)n(C)c(=O)n2C. The van der Waals surface area contributed by atoms with E-state index in [0.717, 1.165) is 29.8 Å². The van der Waals surface area contributed by atoms with Crippen LogP contribution in [-0.2, 0) is 25.4 Å². The van der Waals surface area contributed by atoms with Crippen molar-refractivity contribution in [3.05, 3.63) is 56.5 Å². The minimum Gasteiger partial charge on any atom is -0.315 e. The molecule has 1 fully saturated rings. The molecule has 31 heavy (non-hydrogen) atoms. The molecule has 0 N–H and O–H groups in total. The standard InChI is InChI=1S/C22H26N6O3/c1-13-5-6-16-14(9-13)15-10-24(2)8-7-17(15)28(16)18(29)11-27-12-23-20-19(27)21(30)26(4)22(31)25(20)3/h5-6,9,12,15,17H,7-8,10-11H2,1-4H3/t15-,17+/m0/s1. The lowest BCUT2D eigenvalue weighted by Crippen LogP contribution is -2.48. The Labute approximate surface area is 179 Å². The molecule has 0 unspecified atom stereocenters. The number of carbonyl (C=O) groups excluding carboxylic acids is 1. The maximum Gasteiger partial charge on any atom is 0.332 e. The number of hydrogen-bond acceptors (Lipinski definition) is 5. The quantitative estimate of drug-likeness (QED) is 0.603. The maximum atomic E-state index is 13.6. The highest BCUT2D eigenvalue weighted by atomic mass is 16.2. The third-order valence-corrected chi connectivity index (χ3v) is 6.74. The van der Waals surface area contributed by atoms with Crippen LogP contribution in [-0.4, -0.2) is 55.7 Å². The van der Waals surface area contributed by atoms with Gasteiger partial charge < -0.3 is 14.4 Å². The summed E-state index contributed by atoms with van der Waals surface area (Å²) in [4.78, 5) is 47.0. The van der Waals surface area contributed by atoms with Gasteiger partial charge in [0.15, 0.2) is 11.2 Å². The topological polar surface area (TPSA) is 85.4 Å². The van der Waals surface area contributed by atoms with Gasteiger partial charge in [-0.15, -0.1) is 0 Å². The maximum absolute atomic E-state index is 13.6. The number of aromatic nitrogens is 4. The smallest absolute Gasteiger partial charge is 0.315 e. The third kappa shape index (κ3) is 2.87. The number of benzene rings is 1. The molecule has 5 rings (SSSR count). The highest BCUT2D eigenvalue weighted by molar-refractivity contribution is 5.97. The lowest BCUT2D eigenvalue weighted by Gasteiger charge is -2.36. The van der Waals surface area contributed by atoms with Gasteiger partial charge in [-0.05, 0) is 38.6 Å². The van der Waals surface area contributed by atoms with Gasteiger partial charge in [0.1, 0.15) is 6.54 Å². The number of aryl methyl sites for hydroxylation is 2. The molecule has 1 amide bonds. The average molecular weight is 422 g/mol. The first-order valence-electron chi connectivity index (χ1n) is 10.5. The number of carbonyl (C=O) groups is 1. The van der Waals surface area contributed by atoms with Crippen molar-refractivity contribution in [3.63, 3.8) is 0 Å². The predicted molar refractivity (Wildman–Crippen MR) is 118 cm³/mol. The Balaban J connectivity index is 1.56. The van der Waals surface area contributed by atoms with E-state index in [1.807, 2.05) is 17.0 Å². The first-order chi connectivity index (χ1) is 14.8. The lowest BCUT2D eigenvalue weighted by molar-refractivity contribution is -0.119. The van der Waals surface area contributed by atoms with Crippen LogP contribution in [0.15, 0.2) is 34.1 Å². The molecule has 1 saturated heterocycles. The average Bonchev–Trinajstić information content (AvgIpc) is 3.29. The zero-order valence-corrected chi connectivity index (χ0v) is 18.2. The van der Waals surface area contributed by atoms with Crippen LogP contribution in [0, 0.1) is 6.92 Å². The molecule has 2 aliphatic rings. The van der Waals surface area contributed by atoms with Crippen LogP contribution in [0.5, 0.6) is 0 Å². The monoisotopic (exact) mass is 422 g/mol. The van der Waals surface area contributed by atoms with Crippen LogP contribution in [0.4, 0.5) is 5.69 Å². The van der Waals surface area contributed by atoms with E-state index in [9.17, 15) is 14.4 Å². The first kappa shape index (κ1) is 19.7. The summed E-state index contributed by atoms with van der Waals surface area (Å²) in [7, 11) is 5.13.